The van der Waals surface area contributed by atoms with Gasteiger partial charge in [-0.3, -0.25) is 4.98 Å². The number of pyridine rings is 1. The van der Waals surface area contributed by atoms with Crippen LogP contribution >= 0.6 is 28.1 Å². The molecule has 2 atom stereocenters. The van der Waals surface area contributed by atoms with Crippen molar-refractivity contribution >= 4 is 44.6 Å². The Kier molecular flexibility index (Phi) is 7.59. The molecule has 5 rings (SSSR count). The Balaban J connectivity index is 1.62. The van der Waals surface area contributed by atoms with Crippen molar-refractivity contribution in [2.45, 2.75) is 46.7 Å². The lowest BCUT2D eigenvalue weighted by Gasteiger charge is -2.28. The van der Waals surface area contributed by atoms with Crippen LogP contribution in [0, 0.1) is 20.8 Å². The van der Waals surface area contributed by atoms with Gasteiger partial charge in [-0.25, -0.2) is 0 Å². The molecule has 0 radical (unpaired) electrons. The van der Waals surface area contributed by atoms with Crippen LogP contribution in [0.4, 0.5) is 11.4 Å². The maximum atomic E-state index is 5.95. The molecule has 0 unspecified atom stereocenters. The van der Waals surface area contributed by atoms with Crippen molar-refractivity contribution in [2.75, 3.05) is 22.9 Å². The summed E-state index contributed by atoms with van der Waals surface area (Å²) >= 11 is 9.61. The number of aryl methyl sites for hydroxylation is 2. The first-order valence-corrected chi connectivity index (χ1v) is 14.3. The van der Waals surface area contributed by atoms with E-state index < -0.39 is 0 Å². The minimum Gasteiger partial charge on any atom is -0.372 e. The number of thiocarbonyl (C=S) groups is 1. The largest absolute Gasteiger partial charge is 0.372 e. The highest BCUT2D eigenvalue weighted by atomic mass is 79.9. The molecule has 1 aliphatic rings. The molecule has 3 heterocycles. The SMILES string of the molecule is CCN(CC)c1ccc(-n2c(C)cc([C@H]3[C@@H](c4ccccn4)NC(=S)N3c3ccc(Br)c(C)c3)c2C)cc1. The Morgan fingerprint density at radius 2 is 1.66 bits per heavy atom. The predicted octanol–water partition coefficient (Wildman–Crippen LogP) is 7.58. The zero-order valence-electron chi connectivity index (χ0n) is 22.6. The molecular weight excluding hydrogens is 554 g/mol. The summed E-state index contributed by atoms with van der Waals surface area (Å²) in [7, 11) is 0. The van der Waals surface area contributed by atoms with Gasteiger partial charge >= 0.3 is 0 Å². The molecule has 7 heteroatoms. The lowest BCUT2D eigenvalue weighted by atomic mass is 9.96. The lowest BCUT2D eigenvalue weighted by Crippen LogP contribution is -2.29. The van der Waals surface area contributed by atoms with Crippen LogP contribution in [0.3, 0.4) is 0 Å². The molecule has 1 N–H and O–H groups in total. The molecule has 0 bridgehead atoms. The van der Waals surface area contributed by atoms with Crippen LogP contribution in [0.2, 0.25) is 0 Å². The number of hydrogen-bond acceptors (Lipinski definition) is 3. The Labute approximate surface area is 239 Å². The first kappa shape index (κ1) is 26.4. The quantitative estimate of drug-likeness (QED) is 0.225. The van der Waals surface area contributed by atoms with Crippen LogP contribution in [-0.2, 0) is 0 Å². The number of aromatic nitrogens is 2. The maximum Gasteiger partial charge on any atom is 0.174 e. The summed E-state index contributed by atoms with van der Waals surface area (Å²) in [5.41, 5.74) is 9.26. The topological polar surface area (TPSA) is 36.3 Å². The molecule has 196 valence electrons. The fourth-order valence-corrected chi connectivity index (χ4v) is 6.21. The normalized spacial score (nSPS) is 17.1. The number of anilines is 2. The van der Waals surface area contributed by atoms with Gasteiger partial charge in [0.2, 0.25) is 0 Å². The van der Waals surface area contributed by atoms with E-state index >= 15 is 0 Å². The van der Waals surface area contributed by atoms with E-state index in [-0.39, 0.29) is 12.1 Å². The Bertz CT molecular complexity index is 1440. The van der Waals surface area contributed by atoms with Crippen molar-refractivity contribution in [1.82, 2.24) is 14.9 Å². The van der Waals surface area contributed by atoms with Crippen molar-refractivity contribution in [2.24, 2.45) is 0 Å². The van der Waals surface area contributed by atoms with Crippen LogP contribution < -0.4 is 15.1 Å². The van der Waals surface area contributed by atoms with Crippen molar-refractivity contribution in [1.29, 1.82) is 0 Å². The van der Waals surface area contributed by atoms with Gasteiger partial charge < -0.3 is 19.7 Å². The molecule has 2 aromatic heterocycles. The van der Waals surface area contributed by atoms with Gasteiger partial charge in [0, 0.05) is 52.2 Å². The average molecular weight is 589 g/mol. The summed E-state index contributed by atoms with van der Waals surface area (Å²) in [5.74, 6) is 0. The van der Waals surface area contributed by atoms with Gasteiger partial charge in [-0.2, -0.15) is 0 Å². The molecule has 1 fully saturated rings. The minimum absolute atomic E-state index is 0.0483. The van der Waals surface area contributed by atoms with E-state index in [1.54, 1.807) is 0 Å². The second kappa shape index (κ2) is 10.9. The highest BCUT2D eigenvalue weighted by Crippen LogP contribution is 2.44. The molecule has 38 heavy (non-hydrogen) atoms. The molecule has 4 aromatic rings. The smallest absolute Gasteiger partial charge is 0.174 e. The maximum absolute atomic E-state index is 5.95. The summed E-state index contributed by atoms with van der Waals surface area (Å²) in [5, 5.41) is 4.31. The molecule has 5 nitrogen and oxygen atoms in total. The van der Waals surface area contributed by atoms with E-state index in [1.165, 1.54) is 28.2 Å². The van der Waals surface area contributed by atoms with E-state index in [9.17, 15) is 0 Å². The molecule has 0 amide bonds. The number of rotatable bonds is 7. The number of nitrogens with zero attached hydrogens (tertiary/aromatic N) is 4. The van der Waals surface area contributed by atoms with Gasteiger partial charge in [0.15, 0.2) is 5.11 Å². The number of nitrogens with one attached hydrogen (secondary N) is 1. The van der Waals surface area contributed by atoms with Gasteiger partial charge in [0.1, 0.15) is 0 Å². The molecule has 1 saturated heterocycles. The fourth-order valence-electron chi connectivity index (χ4n) is 5.61. The van der Waals surface area contributed by atoms with Crippen molar-refractivity contribution in [3.63, 3.8) is 0 Å². The van der Waals surface area contributed by atoms with E-state index in [4.69, 9.17) is 17.2 Å². The second-order valence-electron chi connectivity index (χ2n) is 9.78. The summed E-state index contributed by atoms with van der Waals surface area (Å²) in [6.45, 7) is 12.9. The van der Waals surface area contributed by atoms with E-state index in [1.807, 2.05) is 18.3 Å². The number of benzene rings is 2. The van der Waals surface area contributed by atoms with Crippen LogP contribution in [0.1, 0.15) is 54.1 Å². The minimum atomic E-state index is -0.0772. The van der Waals surface area contributed by atoms with Gasteiger partial charge in [0.05, 0.1) is 17.8 Å². The van der Waals surface area contributed by atoms with Crippen LogP contribution in [-0.4, -0.2) is 27.8 Å². The third kappa shape index (κ3) is 4.74. The molecule has 1 aliphatic heterocycles. The number of halogens is 1. The molecule has 0 aliphatic carbocycles. The first-order valence-electron chi connectivity index (χ1n) is 13.1. The second-order valence-corrected chi connectivity index (χ2v) is 11.0. The predicted molar refractivity (Wildman–Crippen MR) is 166 cm³/mol. The van der Waals surface area contributed by atoms with E-state index in [0.717, 1.165) is 34.6 Å². The highest BCUT2D eigenvalue weighted by Gasteiger charge is 2.42. The third-order valence-corrected chi connectivity index (χ3v) is 8.75. The van der Waals surface area contributed by atoms with Crippen LogP contribution in [0.25, 0.3) is 5.69 Å². The summed E-state index contributed by atoms with van der Waals surface area (Å²) < 4.78 is 3.44. The van der Waals surface area contributed by atoms with Crippen molar-refractivity contribution in [3.05, 3.63) is 106 Å². The van der Waals surface area contributed by atoms with Gasteiger partial charge in [-0.15, -0.1) is 0 Å². The molecule has 0 saturated carbocycles. The molecule has 2 aromatic carbocycles. The molecule has 0 spiro atoms. The Hall–Kier alpha value is -3.16. The first-order chi connectivity index (χ1) is 18.3. The zero-order valence-corrected chi connectivity index (χ0v) is 25.0. The monoisotopic (exact) mass is 587 g/mol. The fraction of sp³-hybridized carbons (Fsp3) is 0.290. The van der Waals surface area contributed by atoms with Crippen molar-refractivity contribution in [3.8, 4) is 5.69 Å². The standard InChI is InChI=1S/C31H34BrN5S/c1-6-35(7-2)23-11-13-24(14-12-23)36-21(4)19-26(22(36)5)30-29(28-10-8-9-17-33-28)34-31(38)37(30)25-15-16-27(32)20(3)18-25/h8-19,29-30H,6-7H2,1-5H3,(H,34,38)/t29-,30+/m1/s1. The van der Waals surface area contributed by atoms with Crippen molar-refractivity contribution < 1.29 is 0 Å². The molecular formula is C31H34BrN5S. The number of hydrogen-bond donors (Lipinski definition) is 1. The summed E-state index contributed by atoms with van der Waals surface area (Å²) in [6.07, 6.45) is 1.85. The highest BCUT2D eigenvalue weighted by molar-refractivity contribution is 9.10. The Morgan fingerprint density at radius 1 is 0.947 bits per heavy atom. The van der Waals surface area contributed by atoms with Gasteiger partial charge in [-0.1, -0.05) is 22.0 Å². The van der Waals surface area contributed by atoms with Crippen LogP contribution in [0.5, 0.6) is 0 Å². The third-order valence-electron chi connectivity index (χ3n) is 7.54. The summed E-state index contributed by atoms with van der Waals surface area (Å²) in [6, 6.07) is 23.6. The van der Waals surface area contributed by atoms with Crippen LogP contribution in [0.15, 0.2) is 77.4 Å². The van der Waals surface area contributed by atoms with E-state index in [0.29, 0.717) is 5.11 Å². The zero-order chi connectivity index (χ0) is 27.0. The Morgan fingerprint density at radius 3 is 2.29 bits per heavy atom. The van der Waals surface area contributed by atoms with E-state index in [2.05, 4.69) is 125 Å². The lowest BCUT2D eigenvalue weighted by molar-refractivity contribution is 0.565. The average Bonchev–Trinajstić information content (AvgIpc) is 3.42. The van der Waals surface area contributed by atoms with Gasteiger partial charge in [0.25, 0.3) is 0 Å². The van der Waals surface area contributed by atoms with Gasteiger partial charge in [-0.05, 0) is 119 Å². The summed E-state index contributed by atoms with van der Waals surface area (Å²) in [4.78, 5) is 9.34.